The molecule has 0 atom stereocenters. The van der Waals surface area contributed by atoms with E-state index >= 15 is 0 Å². The van der Waals surface area contributed by atoms with E-state index in [0.717, 1.165) is 62.3 Å². The third kappa shape index (κ3) is 7.34. The summed E-state index contributed by atoms with van der Waals surface area (Å²) in [5.41, 5.74) is 3.72. The smallest absolute Gasteiger partial charge is 0.222 e. The molecule has 1 heterocycles. The van der Waals surface area contributed by atoms with Crippen LogP contribution in [0.5, 0.6) is 5.75 Å². The predicted octanol–water partition coefficient (Wildman–Crippen LogP) is 6.29. The summed E-state index contributed by atoms with van der Waals surface area (Å²) in [7, 11) is 0. The van der Waals surface area contributed by atoms with Crippen molar-refractivity contribution in [1.29, 1.82) is 0 Å². The second kappa shape index (κ2) is 12.0. The second-order valence-electron chi connectivity index (χ2n) is 10.4. The minimum absolute atomic E-state index is 0.0479. The Kier molecular flexibility index (Phi) is 9.14. The fraction of sp³-hybridized carbons (Fsp3) is 0.517. The minimum Gasteiger partial charge on any atom is -0.494 e. The number of para-hydroxylation sites is 2. The van der Waals surface area contributed by atoms with E-state index < -0.39 is 0 Å². The first-order valence-electron chi connectivity index (χ1n) is 12.7. The molecule has 0 bridgehead atoms. The van der Waals surface area contributed by atoms with Gasteiger partial charge in [-0.2, -0.15) is 0 Å². The van der Waals surface area contributed by atoms with Gasteiger partial charge < -0.3 is 14.6 Å². The number of unbranched alkanes of at least 4 members (excludes halogenated alkanes) is 2. The summed E-state index contributed by atoms with van der Waals surface area (Å²) < 4.78 is 8.37. The Morgan fingerprint density at radius 3 is 2.44 bits per heavy atom. The fourth-order valence-electron chi connectivity index (χ4n) is 4.03. The summed E-state index contributed by atoms with van der Waals surface area (Å²) >= 11 is 0. The maximum atomic E-state index is 11.7. The molecule has 0 aliphatic carbocycles. The molecule has 0 saturated carbocycles. The van der Waals surface area contributed by atoms with Gasteiger partial charge in [0.15, 0.2) is 0 Å². The van der Waals surface area contributed by atoms with Gasteiger partial charge in [0.1, 0.15) is 11.6 Å². The standard InChI is InChI=1S/C29H41N3O2/c1-22(2)28(33)30-19-10-6-7-14-27-31-25-12-8-9-13-26(25)32(27)20-11-21-34-24-17-15-23(16-18-24)29(3,4)5/h8-9,12-13,15-18,22H,6-7,10-11,14,19-21H2,1-5H3,(H,30,33). The molecular weight excluding hydrogens is 422 g/mol. The van der Waals surface area contributed by atoms with E-state index in [-0.39, 0.29) is 17.2 Å². The number of hydrogen-bond donors (Lipinski definition) is 1. The van der Waals surface area contributed by atoms with Crippen molar-refractivity contribution in [2.24, 2.45) is 5.92 Å². The molecule has 1 N–H and O–H groups in total. The molecule has 184 valence electrons. The van der Waals surface area contributed by atoms with Crippen molar-refractivity contribution in [2.45, 2.75) is 78.7 Å². The van der Waals surface area contributed by atoms with Crippen LogP contribution in [-0.4, -0.2) is 28.6 Å². The number of aryl methyl sites for hydroxylation is 2. The van der Waals surface area contributed by atoms with Crippen LogP contribution in [0.25, 0.3) is 11.0 Å². The third-order valence-electron chi connectivity index (χ3n) is 6.15. The molecule has 0 aliphatic heterocycles. The van der Waals surface area contributed by atoms with Crippen LogP contribution in [0.3, 0.4) is 0 Å². The van der Waals surface area contributed by atoms with Gasteiger partial charge in [-0.15, -0.1) is 0 Å². The largest absolute Gasteiger partial charge is 0.494 e. The molecule has 5 heteroatoms. The molecule has 0 unspecified atom stereocenters. The van der Waals surface area contributed by atoms with E-state index in [1.165, 1.54) is 11.1 Å². The number of aromatic nitrogens is 2. The molecule has 2 aromatic carbocycles. The maximum absolute atomic E-state index is 11.7. The number of rotatable bonds is 12. The quantitative estimate of drug-likeness (QED) is 0.321. The lowest BCUT2D eigenvalue weighted by molar-refractivity contribution is -0.123. The van der Waals surface area contributed by atoms with Gasteiger partial charge in [0.25, 0.3) is 0 Å². The van der Waals surface area contributed by atoms with Crippen molar-refractivity contribution in [3.8, 4) is 5.75 Å². The predicted molar refractivity (Wildman–Crippen MR) is 140 cm³/mol. The summed E-state index contributed by atoms with van der Waals surface area (Å²) in [4.78, 5) is 16.6. The van der Waals surface area contributed by atoms with Crippen molar-refractivity contribution in [1.82, 2.24) is 14.9 Å². The first-order valence-corrected chi connectivity index (χ1v) is 12.7. The van der Waals surface area contributed by atoms with E-state index in [0.29, 0.717) is 6.61 Å². The molecule has 5 nitrogen and oxygen atoms in total. The molecular formula is C29H41N3O2. The summed E-state index contributed by atoms with van der Waals surface area (Å²) in [6, 6.07) is 16.8. The Hall–Kier alpha value is -2.82. The van der Waals surface area contributed by atoms with Crippen molar-refractivity contribution in [3.05, 3.63) is 59.9 Å². The van der Waals surface area contributed by atoms with Crippen LogP contribution in [0.4, 0.5) is 0 Å². The van der Waals surface area contributed by atoms with Crippen LogP contribution in [0, 0.1) is 5.92 Å². The molecule has 0 fully saturated rings. The number of fused-ring (bicyclic) bond motifs is 1. The first-order chi connectivity index (χ1) is 16.3. The number of amides is 1. The van der Waals surface area contributed by atoms with Gasteiger partial charge in [-0.05, 0) is 54.5 Å². The Bertz CT molecular complexity index is 1050. The number of carbonyl (C=O) groups excluding carboxylic acids is 1. The van der Waals surface area contributed by atoms with Crippen molar-refractivity contribution >= 4 is 16.9 Å². The number of imidazole rings is 1. The number of nitrogens with one attached hydrogen (secondary N) is 1. The highest BCUT2D eigenvalue weighted by Crippen LogP contribution is 2.24. The van der Waals surface area contributed by atoms with Crippen LogP contribution >= 0.6 is 0 Å². The van der Waals surface area contributed by atoms with Gasteiger partial charge in [-0.3, -0.25) is 4.79 Å². The zero-order chi connectivity index (χ0) is 24.6. The lowest BCUT2D eigenvalue weighted by Crippen LogP contribution is -2.28. The van der Waals surface area contributed by atoms with Gasteiger partial charge in [-0.25, -0.2) is 4.98 Å². The molecule has 0 spiro atoms. The molecule has 0 radical (unpaired) electrons. The van der Waals surface area contributed by atoms with Crippen molar-refractivity contribution in [2.75, 3.05) is 13.2 Å². The molecule has 0 aliphatic rings. The van der Waals surface area contributed by atoms with Crippen molar-refractivity contribution < 1.29 is 9.53 Å². The summed E-state index contributed by atoms with van der Waals surface area (Å²) in [6.07, 6.45) is 5.02. The first kappa shape index (κ1) is 25.8. The van der Waals surface area contributed by atoms with Gasteiger partial charge in [0.2, 0.25) is 5.91 Å². The lowest BCUT2D eigenvalue weighted by Gasteiger charge is -2.19. The monoisotopic (exact) mass is 463 g/mol. The molecule has 3 aromatic rings. The Morgan fingerprint density at radius 2 is 1.74 bits per heavy atom. The maximum Gasteiger partial charge on any atom is 0.222 e. The van der Waals surface area contributed by atoms with Gasteiger partial charge >= 0.3 is 0 Å². The topological polar surface area (TPSA) is 56.2 Å². The highest BCUT2D eigenvalue weighted by Gasteiger charge is 2.13. The third-order valence-corrected chi connectivity index (χ3v) is 6.15. The van der Waals surface area contributed by atoms with Gasteiger partial charge in [-0.1, -0.05) is 65.3 Å². The number of ether oxygens (including phenoxy) is 1. The minimum atomic E-state index is 0.0479. The van der Waals surface area contributed by atoms with Crippen LogP contribution < -0.4 is 10.1 Å². The van der Waals surface area contributed by atoms with E-state index in [1.807, 2.05) is 19.9 Å². The highest BCUT2D eigenvalue weighted by atomic mass is 16.5. The summed E-state index contributed by atoms with van der Waals surface area (Å²) in [5.74, 6) is 2.25. The summed E-state index contributed by atoms with van der Waals surface area (Å²) in [6.45, 7) is 12.8. The fourth-order valence-corrected chi connectivity index (χ4v) is 4.03. The number of benzene rings is 2. The molecule has 3 rings (SSSR count). The van der Waals surface area contributed by atoms with Crippen LogP contribution in [0.15, 0.2) is 48.5 Å². The zero-order valence-electron chi connectivity index (χ0n) is 21.6. The van der Waals surface area contributed by atoms with E-state index in [9.17, 15) is 4.79 Å². The normalized spacial score (nSPS) is 11.8. The number of nitrogens with zero attached hydrogens (tertiary/aromatic N) is 2. The van der Waals surface area contributed by atoms with Crippen LogP contribution in [0.2, 0.25) is 0 Å². The lowest BCUT2D eigenvalue weighted by atomic mass is 9.87. The van der Waals surface area contributed by atoms with Gasteiger partial charge in [0.05, 0.1) is 17.6 Å². The molecule has 34 heavy (non-hydrogen) atoms. The highest BCUT2D eigenvalue weighted by molar-refractivity contribution is 5.77. The Labute approximate surface area is 204 Å². The summed E-state index contributed by atoms with van der Waals surface area (Å²) in [5, 5.41) is 3.00. The zero-order valence-corrected chi connectivity index (χ0v) is 21.6. The van der Waals surface area contributed by atoms with Gasteiger partial charge in [0, 0.05) is 25.4 Å². The molecule has 1 amide bonds. The molecule has 0 saturated heterocycles. The second-order valence-corrected chi connectivity index (χ2v) is 10.4. The number of carbonyl (C=O) groups is 1. The average molecular weight is 464 g/mol. The Balaban J connectivity index is 1.50. The number of hydrogen-bond acceptors (Lipinski definition) is 3. The molecule has 1 aromatic heterocycles. The van der Waals surface area contributed by atoms with Crippen LogP contribution in [-0.2, 0) is 23.2 Å². The van der Waals surface area contributed by atoms with Crippen molar-refractivity contribution in [3.63, 3.8) is 0 Å². The van der Waals surface area contributed by atoms with E-state index in [4.69, 9.17) is 9.72 Å². The van der Waals surface area contributed by atoms with Crippen LogP contribution in [0.1, 0.15) is 71.7 Å². The van der Waals surface area contributed by atoms with E-state index in [1.54, 1.807) is 0 Å². The van der Waals surface area contributed by atoms with E-state index in [2.05, 4.69) is 73.1 Å². The average Bonchev–Trinajstić information content (AvgIpc) is 3.15. The SMILES string of the molecule is CC(C)C(=O)NCCCCCc1nc2ccccc2n1CCCOc1ccc(C(C)(C)C)cc1. The Morgan fingerprint density at radius 1 is 1.00 bits per heavy atom.